The van der Waals surface area contributed by atoms with Crippen molar-refractivity contribution in [1.29, 1.82) is 0 Å². The van der Waals surface area contributed by atoms with E-state index in [0.717, 1.165) is 0 Å². The van der Waals surface area contributed by atoms with E-state index in [-0.39, 0.29) is 20.1 Å². The predicted octanol–water partition coefficient (Wildman–Crippen LogP) is 2.49. The van der Waals surface area contributed by atoms with Crippen LogP contribution in [0.2, 0.25) is 0 Å². The number of hydrogen-bond donors (Lipinski definition) is 0. The minimum Gasteiger partial charge on any atom is -0.349 e. The lowest BCUT2D eigenvalue weighted by Crippen LogP contribution is -2.55. The van der Waals surface area contributed by atoms with Crippen molar-refractivity contribution in [3.63, 3.8) is 0 Å². The molecule has 0 aromatic carbocycles. The Morgan fingerprint density at radius 1 is 0.867 bits per heavy atom. The molecular formula is C7H8F6O2. The predicted molar refractivity (Wildman–Crippen MR) is 35.9 cm³/mol. The fourth-order valence-corrected chi connectivity index (χ4v) is 1.12. The van der Waals surface area contributed by atoms with Crippen molar-refractivity contribution in [2.75, 3.05) is 13.2 Å². The highest BCUT2D eigenvalue weighted by Crippen LogP contribution is 2.53. The molecule has 0 saturated carbocycles. The van der Waals surface area contributed by atoms with E-state index in [2.05, 4.69) is 9.47 Å². The van der Waals surface area contributed by atoms with Gasteiger partial charge >= 0.3 is 12.4 Å². The summed E-state index contributed by atoms with van der Waals surface area (Å²) in [4.78, 5) is 0. The summed E-state index contributed by atoms with van der Waals surface area (Å²) < 4.78 is 82.9. The first-order valence-corrected chi connectivity index (χ1v) is 3.97. The molecule has 0 aliphatic carbocycles. The molecule has 0 aromatic heterocycles. The molecule has 8 heteroatoms. The van der Waals surface area contributed by atoms with Crippen molar-refractivity contribution < 1.29 is 35.8 Å². The second-order valence-corrected chi connectivity index (χ2v) is 3.27. The fourth-order valence-electron chi connectivity index (χ4n) is 1.12. The smallest absolute Gasteiger partial charge is 0.349 e. The van der Waals surface area contributed by atoms with Crippen molar-refractivity contribution in [2.24, 2.45) is 5.41 Å². The summed E-state index contributed by atoms with van der Waals surface area (Å²) in [6.07, 6.45) is -13.3. The van der Waals surface area contributed by atoms with Crippen LogP contribution < -0.4 is 0 Å². The topological polar surface area (TPSA) is 18.5 Å². The van der Waals surface area contributed by atoms with Crippen molar-refractivity contribution in [1.82, 2.24) is 0 Å². The van der Waals surface area contributed by atoms with Gasteiger partial charge in [0.15, 0.2) is 6.29 Å². The second-order valence-electron chi connectivity index (χ2n) is 3.27. The third kappa shape index (κ3) is 1.92. The van der Waals surface area contributed by atoms with Crippen LogP contribution in [0.15, 0.2) is 0 Å². The normalized spacial score (nSPS) is 21.0. The van der Waals surface area contributed by atoms with Crippen molar-refractivity contribution in [3.05, 3.63) is 0 Å². The molecular weight excluding hydrogens is 230 g/mol. The van der Waals surface area contributed by atoms with E-state index in [1.54, 1.807) is 0 Å². The summed E-state index contributed by atoms with van der Waals surface area (Å²) >= 11 is 0. The van der Waals surface area contributed by atoms with Crippen LogP contribution in [-0.2, 0) is 9.47 Å². The molecule has 1 fully saturated rings. The SMILES string of the molecule is CC(C1OCCO1)(C(F)(F)F)C(F)(F)F. The maximum absolute atomic E-state index is 12.4. The Morgan fingerprint density at radius 2 is 1.20 bits per heavy atom. The van der Waals surface area contributed by atoms with Gasteiger partial charge in [-0.25, -0.2) is 0 Å². The summed E-state index contributed by atoms with van der Waals surface area (Å²) in [6, 6.07) is 0. The van der Waals surface area contributed by atoms with Gasteiger partial charge in [-0.2, -0.15) is 26.3 Å². The standard InChI is InChI=1S/C7H8F6O2/c1-5(6(8,9)10,7(11,12)13)4-14-2-3-15-4/h4H,2-3H2,1H3. The largest absolute Gasteiger partial charge is 0.407 e. The molecule has 0 amide bonds. The summed E-state index contributed by atoms with van der Waals surface area (Å²) in [5.74, 6) is 0. The van der Waals surface area contributed by atoms with E-state index < -0.39 is 24.1 Å². The van der Waals surface area contributed by atoms with Gasteiger partial charge in [-0.1, -0.05) is 0 Å². The summed E-state index contributed by atoms with van der Waals surface area (Å²) in [7, 11) is 0. The van der Waals surface area contributed by atoms with E-state index in [4.69, 9.17) is 0 Å². The zero-order valence-electron chi connectivity index (χ0n) is 7.58. The molecule has 90 valence electrons. The molecule has 0 N–H and O–H groups in total. The van der Waals surface area contributed by atoms with Crippen molar-refractivity contribution in [3.8, 4) is 0 Å². The third-order valence-electron chi connectivity index (χ3n) is 2.27. The molecule has 0 bridgehead atoms. The monoisotopic (exact) mass is 238 g/mol. The Morgan fingerprint density at radius 3 is 1.47 bits per heavy atom. The van der Waals surface area contributed by atoms with Crippen LogP contribution in [0.3, 0.4) is 0 Å². The Kier molecular flexibility index (Phi) is 2.94. The molecule has 0 atom stereocenters. The highest BCUT2D eigenvalue weighted by molar-refractivity contribution is 4.93. The molecule has 2 nitrogen and oxygen atoms in total. The zero-order valence-corrected chi connectivity index (χ0v) is 7.58. The van der Waals surface area contributed by atoms with Gasteiger partial charge in [-0.3, -0.25) is 0 Å². The van der Waals surface area contributed by atoms with Crippen LogP contribution in [0.4, 0.5) is 26.3 Å². The molecule has 15 heavy (non-hydrogen) atoms. The third-order valence-corrected chi connectivity index (χ3v) is 2.27. The van der Waals surface area contributed by atoms with E-state index in [9.17, 15) is 26.3 Å². The molecule has 1 aliphatic heterocycles. The lowest BCUT2D eigenvalue weighted by Gasteiger charge is -2.36. The van der Waals surface area contributed by atoms with Crippen LogP contribution in [0.1, 0.15) is 6.92 Å². The average molecular weight is 238 g/mol. The average Bonchev–Trinajstić information content (AvgIpc) is 2.49. The molecule has 1 aliphatic rings. The van der Waals surface area contributed by atoms with E-state index in [1.807, 2.05) is 0 Å². The van der Waals surface area contributed by atoms with Gasteiger partial charge in [-0.05, 0) is 6.92 Å². The van der Waals surface area contributed by atoms with E-state index >= 15 is 0 Å². The second kappa shape index (κ2) is 3.51. The lowest BCUT2D eigenvalue weighted by atomic mass is 9.88. The van der Waals surface area contributed by atoms with Gasteiger partial charge in [0.25, 0.3) is 0 Å². The molecule has 1 saturated heterocycles. The zero-order chi connectivity index (χ0) is 11.9. The Balaban J connectivity index is 3.06. The summed E-state index contributed by atoms with van der Waals surface area (Å²) in [6.45, 7) is -0.512. The van der Waals surface area contributed by atoms with Crippen LogP contribution in [0, 0.1) is 5.41 Å². The van der Waals surface area contributed by atoms with Crippen LogP contribution >= 0.6 is 0 Å². The molecule has 0 unspecified atom stereocenters. The number of hydrogen-bond acceptors (Lipinski definition) is 2. The fraction of sp³-hybridized carbons (Fsp3) is 1.00. The Hall–Kier alpha value is -0.500. The Labute approximate surface area is 81.1 Å². The van der Waals surface area contributed by atoms with Crippen LogP contribution in [-0.4, -0.2) is 31.9 Å². The molecule has 1 heterocycles. The first-order chi connectivity index (χ1) is 6.61. The van der Waals surface area contributed by atoms with Gasteiger partial charge in [0.1, 0.15) is 0 Å². The quantitative estimate of drug-likeness (QED) is 0.653. The number of alkyl halides is 6. The van der Waals surface area contributed by atoms with Gasteiger partial charge in [0.05, 0.1) is 13.2 Å². The Bertz CT molecular complexity index is 213. The van der Waals surface area contributed by atoms with Crippen LogP contribution in [0.25, 0.3) is 0 Å². The number of rotatable bonds is 1. The summed E-state index contributed by atoms with van der Waals surface area (Å²) in [5, 5.41) is 0. The van der Waals surface area contributed by atoms with Gasteiger partial charge in [0, 0.05) is 0 Å². The minimum absolute atomic E-state index is 0.0307. The molecule has 0 radical (unpaired) electrons. The maximum atomic E-state index is 12.4. The highest BCUT2D eigenvalue weighted by Gasteiger charge is 2.73. The molecule has 0 spiro atoms. The van der Waals surface area contributed by atoms with Crippen molar-refractivity contribution in [2.45, 2.75) is 25.6 Å². The lowest BCUT2D eigenvalue weighted by molar-refractivity contribution is -0.384. The number of ether oxygens (including phenoxy) is 2. The molecule has 0 aromatic rings. The van der Waals surface area contributed by atoms with Gasteiger partial charge < -0.3 is 9.47 Å². The maximum Gasteiger partial charge on any atom is 0.407 e. The first kappa shape index (κ1) is 12.6. The summed E-state index contributed by atoms with van der Waals surface area (Å²) in [5.41, 5.74) is -3.99. The molecule has 1 rings (SSSR count). The van der Waals surface area contributed by atoms with E-state index in [0.29, 0.717) is 0 Å². The highest BCUT2D eigenvalue weighted by atomic mass is 19.4. The van der Waals surface area contributed by atoms with Gasteiger partial charge in [0.2, 0.25) is 5.41 Å². The van der Waals surface area contributed by atoms with Crippen LogP contribution in [0.5, 0.6) is 0 Å². The van der Waals surface area contributed by atoms with Gasteiger partial charge in [-0.15, -0.1) is 0 Å². The minimum atomic E-state index is -5.47. The van der Waals surface area contributed by atoms with Crippen molar-refractivity contribution >= 4 is 0 Å². The first-order valence-electron chi connectivity index (χ1n) is 3.97. The van der Waals surface area contributed by atoms with E-state index in [1.165, 1.54) is 0 Å². The number of halogens is 6.